The minimum absolute atomic E-state index is 0.112. The van der Waals surface area contributed by atoms with Gasteiger partial charge in [0, 0.05) is 45.8 Å². The quantitative estimate of drug-likeness (QED) is 0.513. The van der Waals surface area contributed by atoms with Crippen LogP contribution in [0.25, 0.3) is 11.1 Å². The Balaban J connectivity index is 1.35. The van der Waals surface area contributed by atoms with Crippen LogP contribution >= 0.6 is 0 Å². The molecule has 1 atom stereocenters. The zero-order valence-corrected chi connectivity index (χ0v) is 20.0. The number of amides is 1. The summed E-state index contributed by atoms with van der Waals surface area (Å²) in [6.45, 7) is 4.92. The summed E-state index contributed by atoms with van der Waals surface area (Å²) in [7, 11) is 1.59. The lowest BCUT2D eigenvalue weighted by Crippen LogP contribution is -2.47. The first-order chi connectivity index (χ1) is 16.7. The third-order valence-corrected chi connectivity index (χ3v) is 7.74. The van der Waals surface area contributed by atoms with Gasteiger partial charge in [-0.2, -0.15) is 0 Å². The maximum atomic E-state index is 12.4. The summed E-state index contributed by atoms with van der Waals surface area (Å²) in [5, 5.41) is 0. The van der Waals surface area contributed by atoms with Crippen LogP contribution in [0.3, 0.4) is 0 Å². The molecular formula is C30H34N2O2. The van der Waals surface area contributed by atoms with E-state index in [2.05, 4.69) is 89.8 Å². The van der Waals surface area contributed by atoms with E-state index < -0.39 is 0 Å². The lowest BCUT2D eigenvalue weighted by atomic mass is 9.68. The van der Waals surface area contributed by atoms with Crippen molar-refractivity contribution in [1.29, 1.82) is 0 Å². The van der Waals surface area contributed by atoms with Crippen molar-refractivity contribution in [1.82, 2.24) is 9.80 Å². The van der Waals surface area contributed by atoms with Crippen molar-refractivity contribution < 1.29 is 9.53 Å². The van der Waals surface area contributed by atoms with Gasteiger partial charge in [0.1, 0.15) is 6.61 Å². The average molecular weight is 455 g/mol. The third-order valence-electron chi connectivity index (χ3n) is 7.74. The number of nitrogens with zero attached hydrogens (tertiary/aromatic N) is 2. The van der Waals surface area contributed by atoms with Crippen LogP contribution in [0, 0.1) is 5.41 Å². The third kappa shape index (κ3) is 4.79. The molecule has 0 bridgehead atoms. The van der Waals surface area contributed by atoms with Crippen LogP contribution in [0.2, 0.25) is 0 Å². The Morgan fingerprint density at radius 2 is 1.59 bits per heavy atom. The molecule has 2 aliphatic rings. The fourth-order valence-corrected chi connectivity index (χ4v) is 6.00. The van der Waals surface area contributed by atoms with Crippen molar-refractivity contribution in [2.45, 2.75) is 25.3 Å². The Labute approximate surface area is 203 Å². The van der Waals surface area contributed by atoms with Crippen LogP contribution in [0.4, 0.5) is 0 Å². The number of benzene rings is 3. The fourth-order valence-electron chi connectivity index (χ4n) is 6.00. The number of carbonyl (C=O) groups excluding carboxylic acids is 1. The largest absolute Gasteiger partial charge is 0.375 e. The Bertz CT molecular complexity index is 1090. The maximum absolute atomic E-state index is 12.4. The van der Waals surface area contributed by atoms with Crippen LogP contribution in [-0.4, -0.2) is 55.6 Å². The van der Waals surface area contributed by atoms with E-state index in [4.69, 9.17) is 4.74 Å². The minimum Gasteiger partial charge on any atom is -0.375 e. The fraction of sp³-hybridized carbons (Fsp3) is 0.367. The molecule has 0 aliphatic carbocycles. The van der Waals surface area contributed by atoms with E-state index in [1.807, 2.05) is 4.90 Å². The normalized spacial score (nSPS) is 20.0. The van der Waals surface area contributed by atoms with E-state index in [1.165, 1.54) is 22.3 Å². The summed E-state index contributed by atoms with van der Waals surface area (Å²) in [6, 6.07) is 30.6. The van der Waals surface area contributed by atoms with E-state index >= 15 is 0 Å². The van der Waals surface area contributed by atoms with Gasteiger partial charge in [-0.25, -0.2) is 0 Å². The molecule has 0 saturated carbocycles. The van der Waals surface area contributed by atoms with Crippen LogP contribution in [0.15, 0.2) is 84.9 Å². The number of ether oxygens (including phenoxy) is 1. The number of carbonyl (C=O) groups is 1. The summed E-state index contributed by atoms with van der Waals surface area (Å²) in [4.78, 5) is 17.0. The van der Waals surface area contributed by atoms with Gasteiger partial charge in [0.05, 0.1) is 0 Å². The number of likely N-dealkylation sites (tertiary alicyclic amines) is 2. The van der Waals surface area contributed by atoms with Gasteiger partial charge < -0.3 is 9.64 Å². The van der Waals surface area contributed by atoms with E-state index in [-0.39, 0.29) is 17.9 Å². The van der Waals surface area contributed by atoms with Crippen molar-refractivity contribution in [3.8, 4) is 11.1 Å². The van der Waals surface area contributed by atoms with Gasteiger partial charge in [0.2, 0.25) is 5.91 Å². The summed E-state index contributed by atoms with van der Waals surface area (Å²) >= 11 is 0. The molecule has 3 aromatic rings. The Hall–Kier alpha value is -2.95. The lowest BCUT2D eigenvalue weighted by molar-refractivity contribution is -0.137. The molecule has 5 rings (SSSR count). The highest BCUT2D eigenvalue weighted by Gasteiger charge is 2.48. The maximum Gasteiger partial charge on any atom is 0.248 e. The van der Waals surface area contributed by atoms with Crippen molar-refractivity contribution in [3.05, 3.63) is 96.1 Å². The molecule has 2 aliphatic heterocycles. The number of piperidine rings is 1. The first kappa shape index (κ1) is 22.8. The van der Waals surface area contributed by atoms with Crippen molar-refractivity contribution in [3.63, 3.8) is 0 Å². The Kier molecular flexibility index (Phi) is 6.80. The molecule has 1 unspecified atom stereocenters. The summed E-state index contributed by atoms with van der Waals surface area (Å²) in [6.07, 6.45) is 2.09. The Morgan fingerprint density at radius 3 is 2.29 bits per heavy atom. The number of hydrogen-bond acceptors (Lipinski definition) is 3. The van der Waals surface area contributed by atoms with Crippen molar-refractivity contribution in [2.75, 3.05) is 39.9 Å². The summed E-state index contributed by atoms with van der Waals surface area (Å²) < 4.78 is 5.09. The second kappa shape index (κ2) is 10.1. The molecule has 0 radical (unpaired) electrons. The standard InChI is InChI=1S/C30H34N2O2/c1-34-22-29(33)32-17-15-30(16-18-32)23-31(21-28(30)26-12-6-3-7-13-26)20-24-9-8-14-27(19-24)25-10-4-2-5-11-25/h2-14,19,28H,15-18,20-23H2,1H3. The second-order valence-electron chi connectivity index (χ2n) is 9.88. The molecule has 176 valence electrons. The van der Waals surface area contributed by atoms with Gasteiger partial charge in [-0.15, -0.1) is 0 Å². The molecule has 34 heavy (non-hydrogen) atoms. The Morgan fingerprint density at radius 1 is 0.912 bits per heavy atom. The van der Waals surface area contributed by atoms with Crippen LogP contribution < -0.4 is 0 Å². The number of methoxy groups -OCH3 is 1. The van der Waals surface area contributed by atoms with Crippen molar-refractivity contribution in [2.24, 2.45) is 5.41 Å². The highest BCUT2D eigenvalue weighted by atomic mass is 16.5. The molecular weight excluding hydrogens is 420 g/mol. The van der Waals surface area contributed by atoms with Gasteiger partial charge >= 0.3 is 0 Å². The molecule has 2 fully saturated rings. The molecule has 2 heterocycles. The first-order valence-electron chi connectivity index (χ1n) is 12.4. The highest BCUT2D eigenvalue weighted by molar-refractivity contribution is 5.77. The predicted molar refractivity (Wildman–Crippen MR) is 136 cm³/mol. The zero-order valence-electron chi connectivity index (χ0n) is 20.0. The minimum atomic E-state index is 0.112. The molecule has 3 aromatic carbocycles. The molecule has 0 aromatic heterocycles. The van der Waals surface area contributed by atoms with Crippen molar-refractivity contribution >= 4 is 5.91 Å². The number of rotatable bonds is 6. The molecule has 1 amide bonds. The van der Waals surface area contributed by atoms with E-state index in [1.54, 1.807) is 7.11 Å². The average Bonchev–Trinajstić information content (AvgIpc) is 3.22. The van der Waals surface area contributed by atoms with Gasteiger partial charge in [0.25, 0.3) is 0 Å². The topological polar surface area (TPSA) is 32.8 Å². The van der Waals surface area contributed by atoms with Crippen LogP contribution in [0.1, 0.15) is 29.9 Å². The highest BCUT2D eigenvalue weighted by Crippen LogP contribution is 2.50. The summed E-state index contributed by atoms with van der Waals surface area (Å²) in [5.74, 6) is 0.604. The van der Waals surface area contributed by atoms with Crippen LogP contribution in [-0.2, 0) is 16.1 Å². The molecule has 1 spiro atoms. The van der Waals surface area contributed by atoms with Gasteiger partial charge in [-0.05, 0) is 46.6 Å². The smallest absolute Gasteiger partial charge is 0.248 e. The second-order valence-corrected chi connectivity index (χ2v) is 9.88. The van der Waals surface area contributed by atoms with Gasteiger partial charge in [-0.3, -0.25) is 9.69 Å². The number of hydrogen-bond donors (Lipinski definition) is 0. The monoisotopic (exact) mass is 454 g/mol. The van der Waals surface area contributed by atoms with E-state index in [9.17, 15) is 4.79 Å². The van der Waals surface area contributed by atoms with E-state index in [0.717, 1.165) is 45.6 Å². The predicted octanol–water partition coefficient (Wildman–Crippen LogP) is 5.21. The first-order valence-corrected chi connectivity index (χ1v) is 12.4. The van der Waals surface area contributed by atoms with Crippen LogP contribution in [0.5, 0.6) is 0 Å². The summed E-state index contributed by atoms with van der Waals surface area (Å²) in [5.41, 5.74) is 5.54. The zero-order chi connectivity index (χ0) is 23.4. The van der Waals surface area contributed by atoms with E-state index in [0.29, 0.717) is 5.92 Å². The molecule has 0 N–H and O–H groups in total. The van der Waals surface area contributed by atoms with Gasteiger partial charge in [0.15, 0.2) is 0 Å². The molecule has 4 heteroatoms. The van der Waals surface area contributed by atoms with Gasteiger partial charge in [-0.1, -0.05) is 78.9 Å². The molecule has 4 nitrogen and oxygen atoms in total. The molecule has 2 saturated heterocycles. The SMILES string of the molecule is COCC(=O)N1CCC2(CC1)CN(Cc1cccc(-c3ccccc3)c1)CC2c1ccccc1. The lowest BCUT2D eigenvalue weighted by Gasteiger charge is -2.43.